The largest absolute Gasteiger partial charge is 0.381 e. The van der Waals surface area contributed by atoms with Crippen LogP contribution < -0.4 is 0 Å². The Morgan fingerprint density at radius 1 is 0.587 bits per heavy atom. The third-order valence-electron chi connectivity index (χ3n) is 14.1. The predicted molar refractivity (Wildman–Crippen MR) is 285 cm³/mol. The van der Waals surface area contributed by atoms with Gasteiger partial charge in [-0.1, -0.05) is 192 Å². The van der Waals surface area contributed by atoms with Gasteiger partial charge in [0, 0.05) is 28.4 Å². The van der Waals surface area contributed by atoms with Crippen molar-refractivity contribution in [2.24, 2.45) is 82.9 Å². The lowest BCUT2D eigenvalue weighted by Gasteiger charge is -2.41. The van der Waals surface area contributed by atoms with Crippen LogP contribution in [0.1, 0.15) is 221 Å². The number of ether oxygens (including phenoxy) is 5. The lowest BCUT2D eigenvalue weighted by atomic mass is 9.81. The second-order valence-electron chi connectivity index (χ2n) is 24.0. The molecule has 5 nitrogen and oxygen atoms in total. The number of hydrogen-bond donors (Lipinski definition) is 0. The highest BCUT2D eigenvalue weighted by Gasteiger charge is 2.55. The molecule has 0 saturated carbocycles. The summed E-state index contributed by atoms with van der Waals surface area (Å²) in [4.78, 5) is 0. The Labute approximate surface area is 400 Å². The summed E-state index contributed by atoms with van der Waals surface area (Å²) < 4.78 is 27.7. The van der Waals surface area contributed by atoms with Crippen molar-refractivity contribution in [3.63, 3.8) is 0 Å². The first-order chi connectivity index (χ1) is 28.4. The highest BCUT2D eigenvalue weighted by atomic mass is 16.6. The van der Waals surface area contributed by atoms with Gasteiger partial charge in [-0.15, -0.1) is 0 Å². The number of methoxy groups -OCH3 is 4. The van der Waals surface area contributed by atoms with E-state index in [1.54, 1.807) is 14.2 Å². The maximum atomic E-state index is 5.63. The average Bonchev–Trinajstić information content (AvgIpc) is 3.85. The van der Waals surface area contributed by atoms with E-state index in [4.69, 9.17) is 23.7 Å². The maximum absolute atomic E-state index is 5.63. The molecule has 0 aromatic heterocycles. The summed E-state index contributed by atoms with van der Waals surface area (Å²) in [5.74, 6) is 9.56. The smallest absolute Gasteiger partial charge is 0.0945 e. The SMILES string of the molecule is C/C(=C/C(C)C)C(C)C.CC(C)C1OC1(C)C(C)C.CC(C)CC(C)C(C)C.COC(C(C)C)C(C)(OC)C(C)C.COC(C(C)C)C(C)C(C)C.COC(C)(CC(C)C)C(C)C. The first-order valence-electron chi connectivity index (χ1n) is 25.9. The fourth-order valence-corrected chi connectivity index (χ4v) is 7.92. The standard InChI is InChI=1S/C11H24O2.2C10H22O.C9H18O.C9H20.C9H18/c1-8(2)10(12-6)11(5,13-7)9(3)4;1-8(2)7-10(5,11-6)9(3)4;1-7(2)9(5)10(11-6)8(3)4;1-6(2)8-9(5,10-8)7(3)4;2*1-7(2)6-9(5)8(3)4/h8-10H,1-7H3;8-9H,7H2,1-6H3;7-10H,1-6H3;6-8H,1-5H3;7-9H,6H2,1-5H3;6-8H,1-5H3/b;;;;;9-6-. The quantitative estimate of drug-likeness (QED) is 0.0900. The van der Waals surface area contributed by atoms with Crippen molar-refractivity contribution in [3.8, 4) is 0 Å². The molecule has 0 bridgehead atoms. The van der Waals surface area contributed by atoms with Crippen LogP contribution >= 0.6 is 0 Å². The monoisotopic (exact) mass is 901 g/mol. The third-order valence-corrected chi connectivity index (χ3v) is 14.1. The zero-order valence-corrected chi connectivity index (χ0v) is 49.8. The Balaban J connectivity index is -0.000000215. The van der Waals surface area contributed by atoms with Crippen LogP contribution in [0.2, 0.25) is 0 Å². The van der Waals surface area contributed by atoms with Crippen molar-refractivity contribution in [3.05, 3.63) is 11.6 Å². The Hall–Kier alpha value is -0.460. The molecule has 8 unspecified atom stereocenters. The lowest BCUT2D eigenvalue weighted by molar-refractivity contribution is -0.147. The van der Waals surface area contributed by atoms with Crippen LogP contribution in [0.4, 0.5) is 0 Å². The first kappa shape index (κ1) is 71.5. The molecule has 0 N–H and O–H groups in total. The molecule has 386 valence electrons. The summed E-state index contributed by atoms with van der Waals surface area (Å²) >= 11 is 0. The first-order valence-corrected chi connectivity index (χ1v) is 25.9. The van der Waals surface area contributed by atoms with Gasteiger partial charge in [0.15, 0.2) is 0 Å². The Morgan fingerprint density at radius 2 is 1.05 bits per heavy atom. The van der Waals surface area contributed by atoms with Gasteiger partial charge in [0.25, 0.3) is 0 Å². The predicted octanol–water partition coefficient (Wildman–Crippen LogP) is 17.8. The van der Waals surface area contributed by atoms with Crippen LogP contribution in [-0.4, -0.2) is 63.6 Å². The Bertz CT molecular complexity index is 1070. The molecule has 1 heterocycles. The average molecular weight is 902 g/mol. The molecule has 0 amide bonds. The molecule has 1 saturated heterocycles. The van der Waals surface area contributed by atoms with Crippen molar-refractivity contribution < 1.29 is 23.7 Å². The lowest BCUT2D eigenvalue weighted by Crippen LogP contribution is -2.49. The van der Waals surface area contributed by atoms with E-state index in [0.29, 0.717) is 77.3 Å². The van der Waals surface area contributed by atoms with Crippen LogP contribution in [0.3, 0.4) is 0 Å². The van der Waals surface area contributed by atoms with Gasteiger partial charge in [-0.05, 0) is 123 Å². The van der Waals surface area contributed by atoms with Gasteiger partial charge < -0.3 is 23.7 Å². The van der Waals surface area contributed by atoms with Crippen LogP contribution in [0.25, 0.3) is 0 Å². The number of rotatable bonds is 20. The summed E-state index contributed by atoms with van der Waals surface area (Å²) in [6.45, 7) is 66.8. The number of allylic oxidation sites excluding steroid dienone is 2. The molecule has 1 aliphatic rings. The summed E-state index contributed by atoms with van der Waals surface area (Å²) in [7, 11) is 7.13. The van der Waals surface area contributed by atoms with Crippen LogP contribution in [0.5, 0.6) is 0 Å². The van der Waals surface area contributed by atoms with E-state index >= 15 is 0 Å². The highest BCUT2D eigenvalue weighted by Crippen LogP contribution is 2.46. The van der Waals surface area contributed by atoms with E-state index in [1.165, 1.54) is 12.0 Å². The van der Waals surface area contributed by atoms with Gasteiger partial charge in [0.2, 0.25) is 0 Å². The molecule has 5 heteroatoms. The van der Waals surface area contributed by atoms with Gasteiger partial charge in [0.1, 0.15) is 0 Å². The summed E-state index contributed by atoms with van der Waals surface area (Å²) in [6.07, 6.45) is 5.91. The minimum absolute atomic E-state index is 0.0637. The fraction of sp³-hybridized carbons (Fsp3) is 0.966. The molecule has 1 rings (SSSR count). The number of hydrogen-bond acceptors (Lipinski definition) is 5. The minimum Gasteiger partial charge on any atom is -0.381 e. The second kappa shape index (κ2) is 35.7. The van der Waals surface area contributed by atoms with Crippen molar-refractivity contribution in [2.45, 2.75) is 256 Å². The van der Waals surface area contributed by atoms with Crippen molar-refractivity contribution in [1.29, 1.82) is 0 Å². The van der Waals surface area contributed by atoms with E-state index in [-0.39, 0.29) is 22.9 Å². The van der Waals surface area contributed by atoms with Gasteiger partial charge in [-0.3, -0.25) is 0 Å². The molecule has 0 aliphatic carbocycles. The van der Waals surface area contributed by atoms with Crippen molar-refractivity contribution >= 4 is 0 Å². The molecule has 0 aromatic rings. The van der Waals surface area contributed by atoms with Crippen molar-refractivity contribution in [1.82, 2.24) is 0 Å². The molecule has 0 radical (unpaired) electrons. The van der Waals surface area contributed by atoms with E-state index in [1.807, 2.05) is 14.2 Å². The van der Waals surface area contributed by atoms with E-state index in [9.17, 15) is 0 Å². The summed E-state index contributed by atoms with van der Waals surface area (Å²) in [6, 6.07) is 0. The topological polar surface area (TPSA) is 49.5 Å². The highest BCUT2D eigenvalue weighted by molar-refractivity contribution is 5.03. The zero-order valence-electron chi connectivity index (χ0n) is 49.8. The summed E-state index contributed by atoms with van der Waals surface area (Å²) in [5, 5.41) is 0. The van der Waals surface area contributed by atoms with E-state index in [0.717, 1.165) is 24.2 Å². The third kappa shape index (κ3) is 31.3. The van der Waals surface area contributed by atoms with E-state index in [2.05, 4.69) is 214 Å². The van der Waals surface area contributed by atoms with Gasteiger partial charge in [0.05, 0.1) is 35.1 Å². The normalized spacial score (nSPS) is 20.3. The minimum atomic E-state index is -0.192. The molecule has 63 heavy (non-hydrogen) atoms. The number of epoxide rings is 1. The Kier molecular flexibility index (Phi) is 40.5. The second-order valence-corrected chi connectivity index (χ2v) is 24.0. The van der Waals surface area contributed by atoms with Gasteiger partial charge in [-0.2, -0.15) is 0 Å². The van der Waals surface area contributed by atoms with Gasteiger partial charge >= 0.3 is 0 Å². The fourth-order valence-electron chi connectivity index (χ4n) is 7.92. The van der Waals surface area contributed by atoms with Crippen LogP contribution in [-0.2, 0) is 23.7 Å². The van der Waals surface area contributed by atoms with Crippen molar-refractivity contribution in [2.75, 3.05) is 28.4 Å². The molecule has 1 aliphatic heterocycles. The van der Waals surface area contributed by atoms with Crippen LogP contribution in [0, 0.1) is 82.9 Å². The van der Waals surface area contributed by atoms with Gasteiger partial charge in [-0.25, -0.2) is 0 Å². The maximum Gasteiger partial charge on any atom is 0.0945 e. The molecular formula is C58H124O5. The molecule has 0 aromatic carbocycles. The Morgan fingerprint density at radius 3 is 1.14 bits per heavy atom. The summed E-state index contributed by atoms with van der Waals surface area (Å²) in [5.41, 5.74) is 1.57. The molecular weight excluding hydrogens is 777 g/mol. The molecule has 8 atom stereocenters. The van der Waals surface area contributed by atoms with E-state index < -0.39 is 0 Å². The molecule has 0 spiro atoms. The van der Waals surface area contributed by atoms with Crippen LogP contribution in [0.15, 0.2) is 11.6 Å². The molecule has 1 fully saturated rings. The zero-order chi connectivity index (χ0) is 51.5.